The zero-order valence-electron chi connectivity index (χ0n) is 13.2. The molecule has 0 radical (unpaired) electrons. The number of carbonyl (C=O) groups is 1. The maximum absolute atomic E-state index is 12.9. The van der Waals surface area contributed by atoms with Crippen molar-refractivity contribution in [2.45, 2.75) is 25.3 Å². The van der Waals surface area contributed by atoms with Crippen LogP contribution in [0.2, 0.25) is 0 Å². The molecule has 1 aromatic carbocycles. The molecule has 124 valence electrons. The van der Waals surface area contributed by atoms with Crippen molar-refractivity contribution in [2.24, 2.45) is 0 Å². The number of nitrogens with one attached hydrogen (secondary N) is 1. The smallest absolute Gasteiger partial charge is 0.243 e. The minimum absolute atomic E-state index is 0.000406. The van der Waals surface area contributed by atoms with E-state index in [-0.39, 0.29) is 23.9 Å². The summed E-state index contributed by atoms with van der Waals surface area (Å²) >= 11 is 0. The number of carbonyl (C=O) groups excluding carboxylic acids is 1. The van der Waals surface area contributed by atoms with Crippen molar-refractivity contribution in [3.05, 3.63) is 54.0 Å². The van der Waals surface area contributed by atoms with Gasteiger partial charge in [0.15, 0.2) is 0 Å². The standard InChI is InChI=1S/C16H20N2O4S/c1-3-17-16(19)12-18(11-14-7-5-9-22-14)23(20,21)15-8-4-6-13(2)10-15/h4-10H,3,11-12H2,1-2H3,(H,17,19). The Morgan fingerprint density at radius 1 is 1.26 bits per heavy atom. The summed E-state index contributed by atoms with van der Waals surface area (Å²) in [5.74, 6) is 0.126. The Labute approximate surface area is 136 Å². The molecule has 0 bridgehead atoms. The molecule has 0 saturated carbocycles. The molecule has 0 spiro atoms. The number of furan rings is 1. The summed E-state index contributed by atoms with van der Waals surface area (Å²) in [4.78, 5) is 12.0. The number of hydrogen-bond donors (Lipinski definition) is 1. The van der Waals surface area contributed by atoms with E-state index in [2.05, 4.69) is 5.32 Å². The third kappa shape index (κ3) is 4.43. The molecule has 0 aliphatic heterocycles. The van der Waals surface area contributed by atoms with Crippen LogP contribution in [-0.4, -0.2) is 31.7 Å². The van der Waals surface area contributed by atoms with Crippen LogP contribution in [0.4, 0.5) is 0 Å². The molecule has 0 saturated heterocycles. The Kier molecular flexibility index (Phi) is 5.57. The van der Waals surface area contributed by atoms with Crippen LogP contribution in [0.5, 0.6) is 0 Å². The van der Waals surface area contributed by atoms with E-state index in [4.69, 9.17) is 4.42 Å². The molecule has 2 aromatic rings. The first-order chi connectivity index (χ1) is 10.9. The second-order valence-electron chi connectivity index (χ2n) is 5.12. The monoisotopic (exact) mass is 336 g/mol. The van der Waals surface area contributed by atoms with E-state index >= 15 is 0 Å². The average molecular weight is 336 g/mol. The summed E-state index contributed by atoms with van der Waals surface area (Å²) in [5, 5.41) is 2.61. The zero-order chi connectivity index (χ0) is 16.9. The molecule has 0 aliphatic rings. The fourth-order valence-electron chi connectivity index (χ4n) is 2.14. The lowest BCUT2D eigenvalue weighted by molar-refractivity contribution is -0.121. The van der Waals surface area contributed by atoms with Crippen LogP contribution in [0.25, 0.3) is 0 Å². The van der Waals surface area contributed by atoms with Crippen molar-refractivity contribution in [1.29, 1.82) is 0 Å². The number of rotatable bonds is 7. The number of sulfonamides is 1. The number of likely N-dealkylation sites (N-methyl/N-ethyl adjacent to an activating group) is 1. The first-order valence-electron chi connectivity index (χ1n) is 7.29. The molecule has 0 unspecified atom stereocenters. The average Bonchev–Trinajstić information content (AvgIpc) is 3.00. The Morgan fingerprint density at radius 3 is 2.65 bits per heavy atom. The van der Waals surface area contributed by atoms with Gasteiger partial charge in [0.2, 0.25) is 15.9 Å². The van der Waals surface area contributed by atoms with Crippen LogP contribution in [0.3, 0.4) is 0 Å². The van der Waals surface area contributed by atoms with Gasteiger partial charge in [-0.2, -0.15) is 4.31 Å². The van der Waals surface area contributed by atoms with Gasteiger partial charge >= 0.3 is 0 Å². The molecule has 2 rings (SSSR count). The molecule has 7 heteroatoms. The summed E-state index contributed by atoms with van der Waals surface area (Å²) in [7, 11) is -3.80. The molecule has 0 fully saturated rings. The highest BCUT2D eigenvalue weighted by Crippen LogP contribution is 2.19. The van der Waals surface area contributed by atoms with Crippen LogP contribution in [0.1, 0.15) is 18.2 Å². The van der Waals surface area contributed by atoms with Crippen molar-refractivity contribution < 1.29 is 17.6 Å². The van der Waals surface area contributed by atoms with E-state index < -0.39 is 10.0 Å². The number of amides is 1. The summed E-state index contributed by atoms with van der Waals surface area (Å²) in [6.45, 7) is 3.78. The SMILES string of the molecule is CCNC(=O)CN(Cc1ccco1)S(=O)(=O)c1cccc(C)c1. The Hall–Kier alpha value is -2.12. The molecule has 1 aromatic heterocycles. The van der Waals surface area contributed by atoms with Crippen molar-refractivity contribution in [3.63, 3.8) is 0 Å². The predicted molar refractivity (Wildman–Crippen MR) is 86.2 cm³/mol. The lowest BCUT2D eigenvalue weighted by atomic mass is 10.2. The van der Waals surface area contributed by atoms with Gasteiger partial charge in [0.25, 0.3) is 0 Å². The Bertz CT molecular complexity index is 754. The maximum atomic E-state index is 12.9. The Morgan fingerprint density at radius 2 is 2.04 bits per heavy atom. The largest absolute Gasteiger partial charge is 0.468 e. The van der Waals surface area contributed by atoms with Crippen LogP contribution in [0, 0.1) is 6.92 Å². The van der Waals surface area contributed by atoms with Gasteiger partial charge in [0.1, 0.15) is 5.76 Å². The zero-order valence-corrected chi connectivity index (χ0v) is 14.0. The van der Waals surface area contributed by atoms with Crippen molar-refractivity contribution in [2.75, 3.05) is 13.1 Å². The van der Waals surface area contributed by atoms with E-state index in [1.807, 2.05) is 13.0 Å². The van der Waals surface area contributed by atoms with Gasteiger partial charge in [-0.05, 0) is 43.7 Å². The lowest BCUT2D eigenvalue weighted by Crippen LogP contribution is -2.40. The highest BCUT2D eigenvalue weighted by Gasteiger charge is 2.27. The number of benzene rings is 1. The van der Waals surface area contributed by atoms with E-state index in [0.29, 0.717) is 12.3 Å². The first kappa shape index (κ1) is 17.2. The number of aryl methyl sites for hydroxylation is 1. The normalized spacial score (nSPS) is 11.6. The summed E-state index contributed by atoms with van der Waals surface area (Å²) in [6, 6.07) is 9.96. The first-order valence-corrected chi connectivity index (χ1v) is 8.73. The molecule has 1 amide bonds. The van der Waals surface area contributed by atoms with Gasteiger partial charge in [-0.25, -0.2) is 8.42 Å². The fourth-order valence-corrected chi connectivity index (χ4v) is 3.61. The topological polar surface area (TPSA) is 79.6 Å². The molecular formula is C16H20N2O4S. The second kappa shape index (κ2) is 7.43. The lowest BCUT2D eigenvalue weighted by Gasteiger charge is -2.21. The van der Waals surface area contributed by atoms with Gasteiger partial charge < -0.3 is 9.73 Å². The van der Waals surface area contributed by atoms with E-state index in [0.717, 1.165) is 9.87 Å². The molecule has 23 heavy (non-hydrogen) atoms. The fraction of sp³-hybridized carbons (Fsp3) is 0.312. The van der Waals surface area contributed by atoms with Gasteiger partial charge in [-0.3, -0.25) is 4.79 Å². The third-order valence-corrected chi connectivity index (χ3v) is 5.02. The van der Waals surface area contributed by atoms with Crippen LogP contribution >= 0.6 is 0 Å². The number of hydrogen-bond acceptors (Lipinski definition) is 4. The van der Waals surface area contributed by atoms with Crippen molar-refractivity contribution in [1.82, 2.24) is 9.62 Å². The molecule has 0 atom stereocenters. The number of nitrogens with zero attached hydrogens (tertiary/aromatic N) is 1. The van der Waals surface area contributed by atoms with Crippen LogP contribution < -0.4 is 5.32 Å². The predicted octanol–water partition coefficient (Wildman–Crippen LogP) is 1.92. The molecule has 6 nitrogen and oxygen atoms in total. The third-order valence-electron chi connectivity index (χ3n) is 3.23. The van der Waals surface area contributed by atoms with E-state index in [1.165, 1.54) is 12.3 Å². The van der Waals surface area contributed by atoms with E-state index in [1.54, 1.807) is 31.2 Å². The molecule has 1 N–H and O–H groups in total. The van der Waals surface area contributed by atoms with Crippen molar-refractivity contribution in [3.8, 4) is 0 Å². The van der Waals surface area contributed by atoms with Gasteiger partial charge in [0, 0.05) is 6.54 Å². The molecular weight excluding hydrogens is 316 g/mol. The van der Waals surface area contributed by atoms with Gasteiger partial charge in [0.05, 0.1) is 24.2 Å². The highest BCUT2D eigenvalue weighted by molar-refractivity contribution is 7.89. The summed E-state index contributed by atoms with van der Waals surface area (Å²) in [6.07, 6.45) is 1.47. The van der Waals surface area contributed by atoms with Crippen LogP contribution in [0.15, 0.2) is 52.0 Å². The summed E-state index contributed by atoms with van der Waals surface area (Å²) < 4.78 is 32.0. The van der Waals surface area contributed by atoms with Crippen molar-refractivity contribution >= 4 is 15.9 Å². The Balaban J connectivity index is 2.32. The minimum Gasteiger partial charge on any atom is -0.468 e. The highest BCUT2D eigenvalue weighted by atomic mass is 32.2. The molecule has 1 heterocycles. The minimum atomic E-state index is -3.80. The van der Waals surface area contributed by atoms with E-state index in [9.17, 15) is 13.2 Å². The van der Waals surface area contributed by atoms with Crippen LogP contribution in [-0.2, 0) is 21.4 Å². The second-order valence-corrected chi connectivity index (χ2v) is 7.06. The molecule has 0 aliphatic carbocycles. The summed E-state index contributed by atoms with van der Waals surface area (Å²) in [5.41, 5.74) is 0.835. The quantitative estimate of drug-likeness (QED) is 0.838. The van der Waals surface area contributed by atoms with Gasteiger partial charge in [-0.1, -0.05) is 12.1 Å². The van der Waals surface area contributed by atoms with Gasteiger partial charge in [-0.15, -0.1) is 0 Å². The maximum Gasteiger partial charge on any atom is 0.243 e.